The van der Waals surface area contributed by atoms with E-state index in [1.807, 2.05) is 6.92 Å². The summed E-state index contributed by atoms with van der Waals surface area (Å²) in [6.45, 7) is 2.42. The third-order valence-electron chi connectivity index (χ3n) is 3.71. The van der Waals surface area contributed by atoms with Crippen LogP contribution in [0.1, 0.15) is 23.0 Å². The van der Waals surface area contributed by atoms with Crippen LogP contribution < -0.4 is 15.6 Å². The summed E-state index contributed by atoms with van der Waals surface area (Å²) in [6, 6.07) is 12.7. The van der Waals surface area contributed by atoms with Gasteiger partial charge in [-0.2, -0.15) is 0 Å². The number of hydrogen-bond donors (Lipinski definition) is 2. The summed E-state index contributed by atoms with van der Waals surface area (Å²) in [5.41, 5.74) is 6.31. The number of amides is 2. The molecule has 2 amide bonds. The van der Waals surface area contributed by atoms with Crippen molar-refractivity contribution in [1.82, 2.24) is 15.8 Å². The van der Waals surface area contributed by atoms with Gasteiger partial charge in [0.1, 0.15) is 16.6 Å². The van der Waals surface area contributed by atoms with E-state index in [1.165, 1.54) is 23.5 Å². The number of halogens is 1. The van der Waals surface area contributed by atoms with Crippen LogP contribution in [0.25, 0.3) is 10.6 Å². The van der Waals surface area contributed by atoms with E-state index < -0.39 is 11.8 Å². The topological polar surface area (TPSA) is 80.3 Å². The van der Waals surface area contributed by atoms with Crippen molar-refractivity contribution < 1.29 is 18.7 Å². The second kappa shape index (κ2) is 9.09. The van der Waals surface area contributed by atoms with E-state index in [-0.39, 0.29) is 12.2 Å². The van der Waals surface area contributed by atoms with Crippen LogP contribution >= 0.6 is 11.3 Å². The first-order valence-electron chi connectivity index (χ1n) is 8.57. The van der Waals surface area contributed by atoms with Crippen molar-refractivity contribution in [2.75, 3.05) is 6.61 Å². The third kappa shape index (κ3) is 5.14. The summed E-state index contributed by atoms with van der Waals surface area (Å²) in [5, 5.41) is 2.36. The largest absolute Gasteiger partial charge is 0.494 e. The predicted octanol–water partition coefficient (Wildman–Crippen LogP) is 3.35. The Morgan fingerprint density at radius 1 is 1.14 bits per heavy atom. The molecule has 0 aliphatic rings. The minimum Gasteiger partial charge on any atom is -0.494 e. The van der Waals surface area contributed by atoms with Crippen LogP contribution in [-0.2, 0) is 11.2 Å². The maximum absolute atomic E-state index is 13.3. The smallest absolute Gasteiger partial charge is 0.269 e. The molecule has 0 atom stereocenters. The Bertz CT molecular complexity index is 973. The number of thiazole rings is 1. The monoisotopic (exact) mass is 399 g/mol. The lowest BCUT2D eigenvalue weighted by Crippen LogP contribution is -2.42. The number of ether oxygens (including phenoxy) is 1. The molecule has 2 N–H and O–H groups in total. The molecule has 0 radical (unpaired) electrons. The molecule has 1 aromatic heterocycles. The number of benzene rings is 2. The molecule has 0 aliphatic heterocycles. The molecule has 3 rings (SSSR count). The Morgan fingerprint density at radius 2 is 1.93 bits per heavy atom. The van der Waals surface area contributed by atoms with Gasteiger partial charge in [0, 0.05) is 16.5 Å². The predicted molar refractivity (Wildman–Crippen MR) is 104 cm³/mol. The highest BCUT2D eigenvalue weighted by Crippen LogP contribution is 2.24. The number of hydrazine groups is 1. The zero-order valence-electron chi connectivity index (χ0n) is 15.1. The molecule has 6 nitrogen and oxygen atoms in total. The molecular formula is C20H18FN3O3S. The minimum atomic E-state index is -0.435. The fourth-order valence-electron chi connectivity index (χ4n) is 2.42. The van der Waals surface area contributed by atoms with Crippen LogP contribution in [0.4, 0.5) is 4.39 Å². The summed E-state index contributed by atoms with van der Waals surface area (Å²) in [5.74, 6) is -0.518. The average molecular weight is 399 g/mol. The average Bonchev–Trinajstić information content (AvgIpc) is 3.15. The zero-order chi connectivity index (χ0) is 19.9. The number of nitrogens with one attached hydrogen (secondary N) is 2. The van der Waals surface area contributed by atoms with Gasteiger partial charge in [-0.05, 0) is 43.3 Å². The molecule has 8 heteroatoms. The Kier molecular flexibility index (Phi) is 6.33. The van der Waals surface area contributed by atoms with Crippen molar-refractivity contribution in [2.45, 2.75) is 13.3 Å². The number of carbonyl (C=O) groups is 2. The lowest BCUT2D eigenvalue weighted by molar-refractivity contribution is -0.121. The molecule has 0 aliphatic carbocycles. The summed E-state index contributed by atoms with van der Waals surface area (Å²) >= 11 is 1.32. The fraction of sp³-hybridized carbons (Fsp3) is 0.150. The van der Waals surface area contributed by atoms with Crippen LogP contribution in [0.15, 0.2) is 53.9 Å². The van der Waals surface area contributed by atoms with Gasteiger partial charge in [0.25, 0.3) is 5.91 Å². The van der Waals surface area contributed by atoms with Crippen molar-refractivity contribution in [1.29, 1.82) is 0 Å². The molecule has 28 heavy (non-hydrogen) atoms. The highest BCUT2D eigenvalue weighted by Gasteiger charge is 2.11. The van der Waals surface area contributed by atoms with Crippen molar-refractivity contribution >= 4 is 23.2 Å². The van der Waals surface area contributed by atoms with Gasteiger partial charge in [-0.15, -0.1) is 11.3 Å². The molecular weight excluding hydrogens is 381 g/mol. The zero-order valence-corrected chi connectivity index (χ0v) is 15.9. The lowest BCUT2D eigenvalue weighted by Gasteiger charge is -2.07. The molecule has 0 bridgehead atoms. The first-order chi connectivity index (χ1) is 13.5. The van der Waals surface area contributed by atoms with Gasteiger partial charge in [0.05, 0.1) is 18.7 Å². The SMILES string of the molecule is CCOc1ccc(C(=O)NNC(=O)Cc2csc(-c3cccc(F)c3)n2)cc1. The van der Waals surface area contributed by atoms with Gasteiger partial charge in [0.2, 0.25) is 5.91 Å². The number of hydrogen-bond acceptors (Lipinski definition) is 5. The van der Waals surface area contributed by atoms with Gasteiger partial charge in [-0.1, -0.05) is 12.1 Å². The highest BCUT2D eigenvalue weighted by molar-refractivity contribution is 7.13. The Labute approximate surface area is 165 Å². The van der Waals surface area contributed by atoms with E-state index in [2.05, 4.69) is 15.8 Å². The fourth-order valence-corrected chi connectivity index (χ4v) is 3.24. The van der Waals surface area contributed by atoms with E-state index in [4.69, 9.17) is 4.74 Å². The maximum Gasteiger partial charge on any atom is 0.269 e. The Morgan fingerprint density at radius 3 is 2.64 bits per heavy atom. The van der Waals surface area contributed by atoms with E-state index >= 15 is 0 Å². The van der Waals surface area contributed by atoms with Crippen molar-refractivity contribution in [3.63, 3.8) is 0 Å². The van der Waals surface area contributed by atoms with E-state index in [0.29, 0.717) is 34.2 Å². The Hall–Kier alpha value is -3.26. The molecule has 0 fully saturated rings. The van der Waals surface area contributed by atoms with E-state index in [9.17, 15) is 14.0 Å². The molecule has 0 saturated heterocycles. The molecule has 0 saturated carbocycles. The van der Waals surface area contributed by atoms with E-state index in [1.54, 1.807) is 41.8 Å². The highest BCUT2D eigenvalue weighted by atomic mass is 32.1. The molecule has 3 aromatic rings. The number of aromatic nitrogens is 1. The van der Waals surface area contributed by atoms with Crippen LogP contribution in [0.2, 0.25) is 0 Å². The van der Waals surface area contributed by atoms with Crippen LogP contribution in [-0.4, -0.2) is 23.4 Å². The molecule has 0 spiro atoms. The van der Waals surface area contributed by atoms with Gasteiger partial charge in [-0.25, -0.2) is 9.37 Å². The van der Waals surface area contributed by atoms with Gasteiger partial charge in [-0.3, -0.25) is 20.4 Å². The van der Waals surface area contributed by atoms with Crippen LogP contribution in [0, 0.1) is 5.82 Å². The molecule has 144 valence electrons. The summed E-state index contributed by atoms with van der Waals surface area (Å²) in [6.07, 6.45) is -0.00459. The standard InChI is InChI=1S/C20H18FN3O3S/c1-2-27-17-8-6-13(7-9-17)19(26)24-23-18(25)11-16-12-28-20(22-16)14-4-3-5-15(21)10-14/h3-10,12H,2,11H2,1H3,(H,23,25)(H,24,26). The van der Waals surface area contributed by atoms with Gasteiger partial charge < -0.3 is 4.74 Å². The normalized spacial score (nSPS) is 10.4. The Balaban J connectivity index is 1.52. The number of nitrogens with zero attached hydrogens (tertiary/aromatic N) is 1. The number of rotatable bonds is 6. The third-order valence-corrected chi connectivity index (χ3v) is 4.65. The quantitative estimate of drug-likeness (QED) is 0.623. The van der Waals surface area contributed by atoms with Gasteiger partial charge in [0.15, 0.2) is 0 Å². The van der Waals surface area contributed by atoms with Gasteiger partial charge >= 0.3 is 0 Å². The molecule has 2 aromatic carbocycles. The van der Waals surface area contributed by atoms with E-state index in [0.717, 1.165) is 0 Å². The van der Waals surface area contributed by atoms with Crippen LogP contribution in [0.3, 0.4) is 0 Å². The van der Waals surface area contributed by atoms with Crippen LogP contribution in [0.5, 0.6) is 5.75 Å². The summed E-state index contributed by atoms with van der Waals surface area (Å²) in [7, 11) is 0. The molecule has 1 heterocycles. The van der Waals surface area contributed by atoms with Crippen molar-refractivity contribution in [2.24, 2.45) is 0 Å². The van der Waals surface area contributed by atoms with Crippen molar-refractivity contribution in [3.8, 4) is 16.3 Å². The summed E-state index contributed by atoms with van der Waals surface area (Å²) in [4.78, 5) is 28.5. The lowest BCUT2D eigenvalue weighted by atomic mass is 10.2. The minimum absolute atomic E-state index is 0.00459. The van der Waals surface area contributed by atoms with Crippen molar-refractivity contribution in [3.05, 3.63) is 71.0 Å². The molecule has 0 unspecified atom stereocenters. The summed E-state index contributed by atoms with van der Waals surface area (Å²) < 4.78 is 18.6. The second-order valence-corrected chi connectivity index (χ2v) is 6.65. The second-order valence-electron chi connectivity index (χ2n) is 5.79. The maximum atomic E-state index is 13.3. The first kappa shape index (κ1) is 19.5. The number of carbonyl (C=O) groups excluding carboxylic acids is 2. The first-order valence-corrected chi connectivity index (χ1v) is 9.45.